The van der Waals surface area contributed by atoms with Crippen LogP contribution in [0.5, 0.6) is 0 Å². The Balaban J connectivity index is 2.84. The van der Waals surface area contributed by atoms with E-state index in [9.17, 15) is 16.8 Å². The molecule has 0 bridgehead atoms. The highest BCUT2D eigenvalue weighted by atomic mass is 32.2. The van der Waals surface area contributed by atoms with E-state index in [1.165, 1.54) is 24.3 Å². The smallest absolute Gasteiger partial charge is 0.271 e. The summed E-state index contributed by atoms with van der Waals surface area (Å²) in [7, 11) is -7.41. The molecule has 0 aliphatic heterocycles. The normalized spacial score (nSPS) is 12.4. The molecule has 0 fully saturated rings. The Hall–Kier alpha value is -1.16. The summed E-state index contributed by atoms with van der Waals surface area (Å²) in [5.74, 6) is -0.303. The summed E-state index contributed by atoms with van der Waals surface area (Å²) in [6, 6.07) is 5.67. The van der Waals surface area contributed by atoms with Gasteiger partial charge in [-0.2, -0.15) is 8.42 Å². The molecule has 1 aromatic rings. The van der Waals surface area contributed by atoms with Crippen LogP contribution in [-0.2, 0) is 26.0 Å². The van der Waals surface area contributed by atoms with Gasteiger partial charge in [0.25, 0.3) is 10.2 Å². The largest absolute Gasteiger partial charge is 0.296 e. The van der Waals surface area contributed by atoms with Crippen LogP contribution in [0.25, 0.3) is 0 Å². The molecule has 0 amide bonds. The van der Waals surface area contributed by atoms with E-state index in [2.05, 4.69) is 0 Å². The lowest BCUT2D eigenvalue weighted by atomic mass is 10.2. The first-order valence-corrected chi connectivity index (χ1v) is 7.32. The van der Waals surface area contributed by atoms with Crippen molar-refractivity contribution in [2.75, 3.05) is 4.72 Å². The van der Waals surface area contributed by atoms with Gasteiger partial charge in [-0.15, -0.1) is 0 Å². The lowest BCUT2D eigenvalue weighted by Crippen LogP contribution is -2.21. The zero-order valence-electron chi connectivity index (χ0n) is 8.12. The second kappa shape index (κ2) is 4.37. The van der Waals surface area contributed by atoms with Crippen LogP contribution < -0.4 is 15.0 Å². The first kappa shape index (κ1) is 12.9. The maximum absolute atomic E-state index is 10.8. The SMILES string of the molecule is NS(=O)(=O)Cc1ccc(NS(N)(=O)=O)cc1. The van der Waals surface area contributed by atoms with Gasteiger partial charge >= 0.3 is 0 Å². The standard InChI is InChI=1S/C7H11N3O4S2/c8-15(11,12)5-6-1-3-7(4-2-6)10-16(9,13)14/h1-4,10H,5H2,(H2,8,11,12)(H2,9,13,14). The molecule has 0 saturated carbocycles. The van der Waals surface area contributed by atoms with E-state index >= 15 is 0 Å². The highest BCUT2D eigenvalue weighted by Crippen LogP contribution is 2.11. The summed E-state index contributed by atoms with van der Waals surface area (Å²) in [5, 5.41) is 9.60. The van der Waals surface area contributed by atoms with Gasteiger partial charge in [-0.25, -0.2) is 18.7 Å². The van der Waals surface area contributed by atoms with Crippen LogP contribution >= 0.6 is 0 Å². The quantitative estimate of drug-likeness (QED) is 0.650. The van der Waals surface area contributed by atoms with Crippen LogP contribution in [0.1, 0.15) is 5.56 Å². The summed E-state index contributed by atoms with van der Waals surface area (Å²) >= 11 is 0. The molecule has 0 unspecified atom stereocenters. The van der Waals surface area contributed by atoms with Crippen molar-refractivity contribution in [1.82, 2.24) is 0 Å². The second-order valence-electron chi connectivity index (χ2n) is 3.15. The summed E-state index contributed by atoms with van der Waals surface area (Å²) < 4.78 is 44.9. The fourth-order valence-corrected chi connectivity index (χ4v) is 2.19. The van der Waals surface area contributed by atoms with Gasteiger partial charge in [0.2, 0.25) is 10.0 Å². The molecule has 16 heavy (non-hydrogen) atoms. The van der Waals surface area contributed by atoms with E-state index in [1.807, 2.05) is 4.72 Å². The first-order chi connectivity index (χ1) is 7.16. The van der Waals surface area contributed by atoms with Gasteiger partial charge in [-0.3, -0.25) is 4.72 Å². The van der Waals surface area contributed by atoms with Crippen LogP contribution in [0, 0.1) is 0 Å². The van der Waals surface area contributed by atoms with Crippen molar-refractivity contribution in [2.45, 2.75) is 5.75 Å². The zero-order chi connectivity index (χ0) is 12.4. The minimum atomic E-state index is -3.82. The molecule has 9 heteroatoms. The number of sulfonamides is 1. The number of anilines is 1. The van der Waals surface area contributed by atoms with Crippen molar-refractivity contribution >= 4 is 25.9 Å². The maximum atomic E-state index is 10.8. The minimum Gasteiger partial charge on any atom is -0.271 e. The van der Waals surface area contributed by atoms with E-state index in [4.69, 9.17) is 10.3 Å². The number of rotatable bonds is 4. The van der Waals surface area contributed by atoms with E-state index in [1.54, 1.807) is 0 Å². The maximum Gasteiger partial charge on any atom is 0.296 e. The van der Waals surface area contributed by atoms with Crippen molar-refractivity contribution in [3.63, 3.8) is 0 Å². The van der Waals surface area contributed by atoms with Crippen LogP contribution in [0.2, 0.25) is 0 Å². The molecule has 90 valence electrons. The monoisotopic (exact) mass is 265 g/mol. The average molecular weight is 265 g/mol. The minimum absolute atomic E-state index is 0.251. The Morgan fingerprint density at radius 1 is 1.00 bits per heavy atom. The molecule has 0 atom stereocenters. The van der Waals surface area contributed by atoms with Gasteiger partial charge in [0.15, 0.2) is 0 Å². The van der Waals surface area contributed by atoms with Crippen LogP contribution in [0.4, 0.5) is 5.69 Å². The number of nitrogens with one attached hydrogen (secondary N) is 1. The predicted octanol–water partition coefficient (Wildman–Crippen LogP) is -0.909. The van der Waals surface area contributed by atoms with Gasteiger partial charge in [0.05, 0.1) is 5.75 Å². The molecule has 0 radical (unpaired) electrons. The Labute approximate surface area is 93.7 Å². The van der Waals surface area contributed by atoms with Gasteiger partial charge in [-0.1, -0.05) is 12.1 Å². The summed E-state index contributed by atoms with van der Waals surface area (Å²) in [6.45, 7) is 0. The fourth-order valence-electron chi connectivity index (χ4n) is 1.07. The molecule has 0 heterocycles. The van der Waals surface area contributed by atoms with E-state index in [0.29, 0.717) is 5.56 Å². The van der Waals surface area contributed by atoms with Crippen molar-refractivity contribution in [1.29, 1.82) is 0 Å². The third-order valence-corrected chi connectivity index (χ3v) is 2.84. The van der Waals surface area contributed by atoms with Gasteiger partial charge < -0.3 is 0 Å². The van der Waals surface area contributed by atoms with Crippen molar-refractivity contribution < 1.29 is 16.8 Å². The Morgan fingerprint density at radius 3 is 1.88 bits per heavy atom. The molecular formula is C7H11N3O4S2. The Morgan fingerprint density at radius 2 is 1.50 bits per heavy atom. The predicted molar refractivity (Wildman–Crippen MR) is 60.0 cm³/mol. The molecule has 1 aromatic carbocycles. The molecule has 7 nitrogen and oxygen atoms in total. The molecule has 0 spiro atoms. The summed E-state index contributed by atoms with van der Waals surface area (Å²) in [5.41, 5.74) is 0.711. The van der Waals surface area contributed by atoms with Gasteiger partial charge in [0.1, 0.15) is 0 Å². The first-order valence-electron chi connectivity index (χ1n) is 4.06. The lowest BCUT2D eigenvalue weighted by Gasteiger charge is -2.04. The molecular weight excluding hydrogens is 254 g/mol. The second-order valence-corrected chi connectivity index (χ2v) is 6.06. The number of nitrogens with two attached hydrogens (primary N) is 2. The third-order valence-electron chi connectivity index (χ3n) is 1.58. The van der Waals surface area contributed by atoms with Crippen LogP contribution in [0.15, 0.2) is 24.3 Å². The average Bonchev–Trinajstić information content (AvgIpc) is 2.03. The zero-order valence-corrected chi connectivity index (χ0v) is 9.75. The summed E-state index contributed by atoms with van der Waals surface area (Å²) in [6.07, 6.45) is 0. The molecule has 0 aliphatic rings. The molecule has 5 N–H and O–H groups in total. The Kier molecular flexibility index (Phi) is 3.53. The molecule has 0 aromatic heterocycles. The van der Waals surface area contributed by atoms with E-state index in [-0.39, 0.29) is 11.4 Å². The number of benzene rings is 1. The highest BCUT2D eigenvalue weighted by Gasteiger charge is 2.06. The summed E-state index contributed by atoms with van der Waals surface area (Å²) in [4.78, 5) is 0. The topological polar surface area (TPSA) is 132 Å². The van der Waals surface area contributed by atoms with E-state index < -0.39 is 20.2 Å². The lowest BCUT2D eigenvalue weighted by molar-refractivity contribution is 0.596. The molecule has 1 rings (SSSR count). The third kappa shape index (κ3) is 5.07. The number of primary sulfonamides is 1. The number of hydrogen-bond donors (Lipinski definition) is 3. The highest BCUT2D eigenvalue weighted by molar-refractivity contribution is 7.90. The Bertz CT molecular complexity index is 509. The number of hydrogen-bond acceptors (Lipinski definition) is 4. The molecule has 0 aliphatic carbocycles. The van der Waals surface area contributed by atoms with Crippen LogP contribution in [-0.4, -0.2) is 16.8 Å². The fraction of sp³-hybridized carbons (Fsp3) is 0.143. The van der Waals surface area contributed by atoms with Crippen LogP contribution in [0.3, 0.4) is 0 Å². The molecule has 0 saturated heterocycles. The van der Waals surface area contributed by atoms with Crippen molar-refractivity contribution in [2.24, 2.45) is 10.3 Å². The van der Waals surface area contributed by atoms with Gasteiger partial charge in [-0.05, 0) is 17.7 Å². The van der Waals surface area contributed by atoms with Crippen molar-refractivity contribution in [3.8, 4) is 0 Å². The van der Waals surface area contributed by atoms with Crippen molar-refractivity contribution in [3.05, 3.63) is 29.8 Å². The van der Waals surface area contributed by atoms with Gasteiger partial charge in [0, 0.05) is 5.69 Å². The van der Waals surface area contributed by atoms with E-state index in [0.717, 1.165) is 0 Å².